The maximum absolute atomic E-state index is 6.50. The molecule has 0 saturated heterocycles. The van der Waals surface area contributed by atoms with E-state index in [0.717, 1.165) is 64.6 Å². The van der Waals surface area contributed by atoms with E-state index in [1.165, 1.54) is 38.9 Å². The molecule has 54 heavy (non-hydrogen) atoms. The Kier molecular flexibility index (Phi) is 12.0. The summed E-state index contributed by atoms with van der Waals surface area (Å²) in [5.74, 6) is 3.69. The first kappa shape index (κ1) is 39.2. The molecule has 0 saturated carbocycles. The number of aromatic nitrogens is 4. The van der Waals surface area contributed by atoms with E-state index >= 15 is 0 Å². The topological polar surface area (TPSA) is 44.9 Å². The minimum absolute atomic E-state index is 0. The second kappa shape index (κ2) is 16.5. The normalized spacial score (nSPS) is 12.7. The summed E-state index contributed by atoms with van der Waals surface area (Å²) in [4.78, 5) is 4.79. The van der Waals surface area contributed by atoms with Crippen LogP contribution in [0.5, 0.6) is 11.5 Å². The predicted octanol–water partition coefficient (Wildman–Crippen LogP) is 12.6. The quantitative estimate of drug-likeness (QED) is 0.115. The smallest absolute Gasteiger partial charge is 0.509 e. The first-order chi connectivity index (χ1) is 25.6. The van der Waals surface area contributed by atoms with Crippen molar-refractivity contribution in [3.05, 3.63) is 131 Å². The molecular formula is C48H52N4OPt. The van der Waals surface area contributed by atoms with Crippen LogP contribution in [0.3, 0.4) is 0 Å². The van der Waals surface area contributed by atoms with Crippen LogP contribution in [0, 0.1) is 44.7 Å². The van der Waals surface area contributed by atoms with Crippen LogP contribution in [-0.2, 0) is 33.9 Å². The van der Waals surface area contributed by atoms with E-state index in [4.69, 9.17) is 14.8 Å². The number of ether oxygens (including phenoxy) is 1. The molecule has 4 aromatic carbocycles. The number of hydrogen-bond donors (Lipinski definition) is 0. The van der Waals surface area contributed by atoms with Gasteiger partial charge >= 0.3 is 21.1 Å². The number of rotatable bonds is 12. The van der Waals surface area contributed by atoms with E-state index in [-0.39, 0.29) is 21.1 Å². The average molecular weight is 896 g/mol. The zero-order chi connectivity index (χ0) is 37.4. The predicted molar refractivity (Wildman–Crippen MR) is 220 cm³/mol. The van der Waals surface area contributed by atoms with Crippen molar-refractivity contribution in [2.45, 2.75) is 93.9 Å². The molecule has 0 radical (unpaired) electrons. The number of para-hydroxylation sites is 1. The molecule has 280 valence electrons. The third kappa shape index (κ3) is 7.58. The fourth-order valence-electron chi connectivity index (χ4n) is 7.55. The molecule has 0 amide bonds. The van der Waals surface area contributed by atoms with Gasteiger partial charge in [0.25, 0.3) is 0 Å². The second-order valence-corrected chi connectivity index (χ2v) is 15.4. The standard InChI is InChI=1S/C48H52N4O.Pt/c1-10-31(5)23-43-34(8)33(7)35(9)44(24-32(6)11-2)48(43)37-28-50-51(29-37)38-15-14-16-39(26-38)53-40-19-20-42-41-17-12-13-18-45(41)52(46(42)27-40)47-25-36(30(3)4)21-22-49-47;/h12-22,25,28-32H,10-11,23-24H2,1-9H3;/q-2;+2. The third-order valence-corrected chi connectivity index (χ3v) is 11.4. The molecule has 7 rings (SSSR count). The van der Waals surface area contributed by atoms with Crippen LogP contribution in [0.4, 0.5) is 0 Å². The van der Waals surface area contributed by atoms with Crippen molar-refractivity contribution in [3.63, 3.8) is 0 Å². The third-order valence-electron chi connectivity index (χ3n) is 11.4. The molecule has 7 aromatic rings. The van der Waals surface area contributed by atoms with Gasteiger partial charge in [0.2, 0.25) is 0 Å². The first-order valence-electron chi connectivity index (χ1n) is 19.4. The van der Waals surface area contributed by atoms with Crippen molar-refractivity contribution in [3.8, 4) is 34.1 Å². The molecule has 0 bridgehead atoms. The van der Waals surface area contributed by atoms with E-state index in [0.29, 0.717) is 29.3 Å². The van der Waals surface area contributed by atoms with Gasteiger partial charge in [-0.05, 0) is 120 Å². The molecule has 2 unspecified atom stereocenters. The Hall–Kier alpha value is -4.47. The molecule has 0 N–H and O–H groups in total. The van der Waals surface area contributed by atoms with Crippen molar-refractivity contribution in [2.24, 2.45) is 11.8 Å². The van der Waals surface area contributed by atoms with Crippen LogP contribution in [-0.4, -0.2) is 19.3 Å². The van der Waals surface area contributed by atoms with Gasteiger partial charge in [-0.2, -0.15) is 17.2 Å². The molecule has 0 aliphatic carbocycles. The fraction of sp³-hybridized carbons (Fsp3) is 0.333. The van der Waals surface area contributed by atoms with Crippen molar-refractivity contribution in [1.29, 1.82) is 0 Å². The summed E-state index contributed by atoms with van der Waals surface area (Å²) in [5.41, 5.74) is 13.8. The van der Waals surface area contributed by atoms with Crippen LogP contribution < -0.4 is 4.74 Å². The molecule has 0 aliphatic heterocycles. The van der Waals surface area contributed by atoms with Crippen LogP contribution >= 0.6 is 0 Å². The van der Waals surface area contributed by atoms with Gasteiger partial charge in [0.05, 0.1) is 6.20 Å². The van der Waals surface area contributed by atoms with E-state index in [1.54, 1.807) is 0 Å². The van der Waals surface area contributed by atoms with Gasteiger partial charge in [-0.25, -0.2) is 4.98 Å². The molecule has 0 aliphatic rings. The molecule has 0 fully saturated rings. The van der Waals surface area contributed by atoms with E-state index in [9.17, 15) is 0 Å². The summed E-state index contributed by atoms with van der Waals surface area (Å²) in [6.45, 7) is 20.7. The zero-order valence-corrected chi connectivity index (χ0v) is 35.4. The van der Waals surface area contributed by atoms with E-state index in [1.807, 2.05) is 41.3 Å². The zero-order valence-electron chi connectivity index (χ0n) is 33.2. The van der Waals surface area contributed by atoms with Crippen molar-refractivity contribution >= 4 is 21.8 Å². The van der Waals surface area contributed by atoms with Crippen LogP contribution in [0.1, 0.15) is 93.7 Å². The summed E-state index contributed by atoms with van der Waals surface area (Å²) in [7, 11) is 0. The second-order valence-electron chi connectivity index (χ2n) is 15.4. The van der Waals surface area contributed by atoms with Crippen molar-refractivity contribution in [1.82, 2.24) is 19.3 Å². The molecule has 6 heteroatoms. The molecule has 0 spiro atoms. The summed E-state index contributed by atoms with van der Waals surface area (Å²) in [6, 6.07) is 29.9. The number of fused-ring (bicyclic) bond motifs is 3. The maximum atomic E-state index is 6.50. The van der Waals surface area contributed by atoms with Gasteiger partial charge in [0.1, 0.15) is 5.82 Å². The number of nitrogens with zero attached hydrogens (tertiary/aromatic N) is 4. The Morgan fingerprint density at radius 2 is 1.43 bits per heavy atom. The van der Waals surface area contributed by atoms with Gasteiger partial charge in [-0.3, -0.25) is 4.68 Å². The number of hydrogen-bond acceptors (Lipinski definition) is 3. The Labute approximate surface area is 336 Å². The fourth-order valence-corrected chi connectivity index (χ4v) is 7.55. The number of pyridine rings is 1. The van der Waals surface area contributed by atoms with Gasteiger partial charge < -0.3 is 9.30 Å². The number of benzene rings is 4. The minimum Gasteiger partial charge on any atom is -0.509 e. The summed E-state index contributed by atoms with van der Waals surface area (Å²) in [6.07, 6.45) is 10.5. The van der Waals surface area contributed by atoms with E-state index in [2.05, 4.69) is 128 Å². The monoisotopic (exact) mass is 895 g/mol. The van der Waals surface area contributed by atoms with Gasteiger partial charge in [0, 0.05) is 35.0 Å². The Morgan fingerprint density at radius 1 is 0.741 bits per heavy atom. The maximum Gasteiger partial charge on any atom is 2.00 e. The van der Waals surface area contributed by atoms with Gasteiger partial charge in [-0.15, -0.1) is 35.7 Å². The van der Waals surface area contributed by atoms with Gasteiger partial charge in [-0.1, -0.05) is 78.1 Å². The minimum atomic E-state index is 0. The van der Waals surface area contributed by atoms with Crippen LogP contribution in [0.15, 0.2) is 85.3 Å². The SMILES string of the molecule is CCC(C)Cc1c(C)c(C)c(C)c(CC(C)CC)c1-c1cnn(-c2[c-]c(Oc3[c-]c4c(cc3)c3ccccc3n4-c3cc(C(C)C)ccn3)ccc2)c1.[Pt+2]. The van der Waals surface area contributed by atoms with Gasteiger partial charge in [0.15, 0.2) is 0 Å². The summed E-state index contributed by atoms with van der Waals surface area (Å²) < 4.78 is 10.6. The molecule has 5 nitrogen and oxygen atoms in total. The van der Waals surface area contributed by atoms with E-state index < -0.39 is 0 Å². The summed E-state index contributed by atoms with van der Waals surface area (Å²) >= 11 is 0. The van der Waals surface area contributed by atoms with Crippen LogP contribution in [0.25, 0.3) is 44.4 Å². The Morgan fingerprint density at radius 3 is 2.11 bits per heavy atom. The Balaban J connectivity index is 0.00000497. The molecular weight excluding hydrogens is 844 g/mol. The summed E-state index contributed by atoms with van der Waals surface area (Å²) in [5, 5.41) is 7.18. The average Bonchev–Trinajstić information content (AvgIpc) is 3.79. The largest absolute Gasteiger partial charge is 2.00 e. The van der Waals surface area contributed by atoms with Crippen molar-refractivity contribution < 1.29 is 25.8 Å². The molecule has 3 aromatic heterocycles. The molecule has 2 atom stereocenters. The molecule has 3 heterocycles. The first-order valence-corrected chi connectivity index (χ1v) is 19.4. The Bertz CT molecular complexity index is 2380. The van der Waals surface area contributed by atoms with Crippen molar-refractivity contribution in [2.75, 3.05) is 0 Å². The van der Waals surface area contributed by atoms with Crippen LogP contribution in [0.2, 0.25) is 0 Å².